The van der Waals surface area contributed by atoms with Crippen molar-refractivity contribution >= 4 is 0 Å². The fourth-order valence-electron chi connectivity index (χ4n) is 1.59. The molecule has 0 spiro atoms. The Kier molecular flexibility index (Phi) is 6.41. The van der Waals surface area contributed by atoms with Gasteiger partial charge < -0.3 is 0 Å². The zero-order valence-electron chi connectivity index (χ0n) is 12.4. The van der Waals surface area contributed by atoms with E-state index in [1.807, 2.05) is 0 Å². The number of nitro groups is 7. The van der Waals surface area contributed by atoms with Crippen molar-refractivity contribution < 1.29 is 34.6 Å². The third kappa shape index (κ3) is 3.82. The van der Waals surface area contributed by atoms with Gasteiger partial charge in [0.05, 0.1) is 0 Å². The first-order valence-electron chi connectivity index (χ1n) is 5.94. The van der Waals surface area contributed by atoms with E-state index in [0.717, 1.165) is 0 Å². The van der Waals surface area contributed by atoms with Crippen LogP contribution in [0.3, 0.4) is 0 Å². The summed E-state index contributed by atoms with van der Waals surface area (Å²) >= 11 is 0. The first kappa shape index (κ1) is 22.6. The molecule has 22 heteroatoms. The van der Waals surface area contributed by atoms with E-state index in [4.69, 9.17) is 0 Å². The summed E-state index contributed by atoms with van der Waals surface area (Å²) in [6.07, 6.45) is -1.90. The minimum absolute atomic E-state index is 0.709. The van der Waals surface area contributed by atoms with Gasteiger partial charge in [0.25, 0.3) is 6.54 Å². The maximum atomic E-state index is 10.8. The Bertz CT molecular complexity index is 644. The van der Waals surface area contributed by atoms with Gasteiger partial charge in [-0.3, -0.25) is 60.7 Å². The van der Waals surface area contributed by atoms with Crippen molar-refractivity contribution in [3.8, 4) is 0 Å². The van der Waals surface area contributed by atoms with Crippen LogP contribution in [0.15, 0.2) is 0 Å². The van der Waals surface area contributed by atoms with Crippen molar-refractivity contribution in [1.29, 1.82) is 0 Å². The monoisotopic (exact) mass is 402 g/mol. The smallest absolute Gasteiger partial charge is 0.253 e. The molecule has 0 heterocycles. The molecule has 150 valence electrons. The maximum Gasteiger partial charge on any atom is 0.723 e. The summed E-state index contributed by atoms with van der Waals surface area (Å²) in [4.78, 5) is 62.8. The molecule has 0 radical (unpaired) electrons. The Morgan fingerprint density at radius 3 is 1.07 bits per heavy atom. The molecule has 0 unspecified atom stereocenters. The summed E-state index contributed by atoms with van der Waals surface area (Å²) in [5, 5.41) is 72.7. The molecular formula is C5H6N8O14. The highest BCUT2D eigenvalue weighted by Gasteiger charge is 2.75. The number of hydrogen-bond acceptors (Lipinski definition) is 14. The van der Waals surface area contributed by atoms with Gasteiger partial charge in [0.2, 0.25) is 0 Å². The predicted octanol–water partition coefficient (Wildman–Crippen LogP) is -2.16. The van der Waals surface area contributed by atoms with Crippen LogP contribution in [0.2, 0.25) is 0 Å². The van der Waals surface area contributed by atoms with E-state index in [9.17, 15) is 70.8 Å². The molecule has 0 aliphatic carbocycles. The average molecular weight is 402 g/mol. The Morgan fingerprint density at radius 1 is 0.556 bits per heavy atom. The zero-order chi connectivity index (χ0) is 21.7. The molecule has 0 aliphatic rings. The van der Waals surface area contributed by atoms with E-state index >= 15 is 0 Å². The SMILES string of the molecule is O=[N+]([O-])N(CCC([N+](=O)[O-])([N+](=O)[O-])[N+](=O)[O-])CC([N+](=O)[O-])([N+](=O)[O-])[N+](=O)[O-]. The second-order valence-electron chi connectivity index (χ2n) is 4.47. The van der Waals surface area contributed by atoms with Crippen molar-refractivity contribution in [2.75, 3.05) is 13.1 Å². The normalized spacial score (nSPS) is 11.3. The predicted molar refractivity (Wildman–Crippen MR) is 70.6 cm³/mol. The third-order valence-corrected chi connectivity index (χ3v) is 3.09. The lowest BCUT2D eigenvalue weighted by atomic mass is 10.2. The molecule has 0 N–H and O–H groups in total. The molecule has 0 amide bonds. The van der Waals surface area contributed by atoms with E-state index in [-0.39, 0.29) is 0 Å². The molecular weight excluding hydrogens is 396 g/mol. The minimum atomic E-state index is -4.41. The van der Waals surface area contributed by atoms with Crippen LogP contribution in [0.5, 0.6) is 0 Å². The van der Waals surface area contributed by atoms with Crippen molar-refractivity contribution in [1.82, 2.24) is 5.01 Å². The fourth-order valence-corrected chi connectivity index (χ4v) is 1.59. The first-order valence-corrected chi connectivity index (χ1v) is 5.94. The average Bonchev–Trinajstić information content (AvgIpc) is 2.47. The van der Waals surface area contributed by atoms with Gasteiger partial charge in [-0.1, -0.05) is 0 Å². The molecule has 0 bridgehead atoms. The third-order valence-electron chi connectivity index (χ3n) is 3.09. The lowest BCUT2D eigenvalue weighted by molar-refractivity contribution is -0.976. The lowest BCUT2D eigenvalue weighted by Gasteiger charge is -2.16. The highest BCUT2D eigenvalue weighted by Crippen LogP contribution is 2.20. The Morgan fingerprint density at radius 2 is 0.852 bits per heavy atom. The number of rotatable bonds is 12. The highest BCUT2D eigenvalue weighted by molar-refractivity contribution is 4.62. The lowest BCUT2D eigenvalue weighted by Crippen LogP contribution is -2.62. The van der Waals surface area contributed by atoms with Crippen LogP contribution in [-0.4, -0.2) is 64.2 Å². The number of hydrazine groups is 1. The van der Waals surface area contributed by atoms with Gasteiger partial charge in [-0.15, -0.1) is 5.01 Å². The standard InChI is InChI=1S/C5H6N8O14/c14-7(15)4(8(16)17,9(18)19)1-2-6(13(26)27)3-5(10(20)21,11(22)23)12(24)25/h1-3H2. The molecule has 0 rings (SSSR count). The van der Waals surface area contributed by atoms with Crippen LogP contribution in [-0.2, 0) is 0 Å². The Labute approximate surface area is 142 Å². The second-order valence-corrected chi connectivity index (χ2v) is 4.47. The van der Waals surface area contributed by atoms with E-state index in [2.05, 4.69) is 0 Å². The molecule has 0 saturated heterocycles. The van der Waals surface area contributed by atoms with Crippen LogP contribution in [0.25, 0.3) is 0 Å². The van der Waals surface area contributed by atoms with Gasteiger partial charge in [-0.05, 0) is 0 Å². The van der Waals surface area contributed by atoms with E-state index in [1.54, 1.807) is 0 Å². The van der Waals surface area contributed by atoms with Crippen LogP contribution >= 0.6 is 0 Å². The summed E-state index contributed by atoms with van der Waals surface area (Å²) in [6.45, 7) is -3.95. The minimum Gasteiger partial charge on any atom is -0.253 e. The van der Waals surface area contributed by atoms with E-state index in [1.165, 1.54) is 0 Å². The van der Waals surface area contributed by atoms with Gasteiger partial charge in [0.1, 0.15) is 6.54 Å². The van der Waals surface area contributed by atoms with Crippen molar-refractivity contribution in [2.24, 2.45) is 0 Å². The van der Waals surface area contributed by atoms with Crippen molar-refractivity contribution in [3.05, 3.63) is 70.8 Å². The summed E-state index contributed by atoms with van der Waals surface area (Å²) in [5.41, 5.74) is 0. The number of hydrogen-bond donors (Lipinski definition) is 0. The van der Waals surface area contributed by atoms with Crippen LogP contribution in [0.4, 0.5) is 0 Å². The summed E-state index contributed by atoms with van der Waals surface area (Å²) in [6, 6.07) is 0. The van der Waals surface area contributed by atoms with Crippen molar-refractivity contribution in [3.63, 3.8) is 0 Å². The van der Waals surface area contributed by atoms with Crippen LogP contribution in [0, 0.1) is 70.8 Å². The summed E-state index contributed by atoms with van der Waals surface area (Å²) in [5.74, 6) is -8.64. The molecule has 0 fully saturated rings. The quantitative estimate of drug-likeness (QED) is 0.190. The van der Waals surface area contributed by atoms with Crippen LogP contribution in [0.1, 0.15) is 6.42 Å². The molecule has 0 aliphatic heterocycles. The van der Waals surface area contributed by atoms with Gasteiger partial charge in [-0.2, -0.15) is 0 Å². The molecule has 0 saturated carbocycles. The maximum absolute atomic E-state index is 10.8. The summed E-state index contributed by atoms with van der Waals surface area (Å²) < 4.78 is 0. The van der Waals surface area contributed by atoms with Gasteiger partial charge >= 0.3 is 11.6 Å². The molecule has 0 aromatic rings. The Hall–Kier alpha value is -4.40. The van der Waals surface area contributed by atoms with Gasteiger partial charge in [0.15, 0.2) is 41.0 Å². The Balaban J connectivity index is 6.00. The second kappa shape index (κ2) is 7.66. The highest BCUT2D eigenvalue weighted by atomic mass is 16.8. The zero-order valence-corrected chi connectivity index (χ0v) is 12.4. The van der Waals surface area contributed by atoms with Gasteiger partial charge in [0, 0.05) is 0 Å². The summed E-state index contributed by atoms with van der Waals surface area (Å²) in [7, 11) is 0. The molecule has 0 aromatic heterocycles. The fraction of sp³-hybridized carbons (Fsp3) is 1.00. The largest absolute Gasteiger partial charge is 0.723 e. The molecule has 22 nitrogen and oxygen atoms in total. The van der Waals surface area contributed by atoms with E-state index < -0.39 is 70.7 Å². The molecule has 0 atom stereocenters. The van der Waals surface area contributed by atoms with Crippen LogP contribution < -0.4 is 0 Å². The topological polar surface area (TPSA) is 305 Å². The van der Waals surface area contributed by atoms with Crippen molar-refractivity contribution in [2.45, 2.75) is 18.0 Å². The van der Waals surface area contributed by atoms with Gasteiger partial charge in [-0.25, -0.2) is 10.1 Å². The molecule has 0 aromatic carbocycles. The molecule has 27 heavy (non-hydrogen) atoms. The first-order chi connectivity index (χ1) is 12.2. The number of nitrogens with zero attached hydrogens (tertiary/aromatic N) is 8. The van der Waals surface area contributed by atoms with E-state index in [0.29, 0.717) is 0 Å².